The van der Waals surface area contributed by atoms with Crippen molar-refractivity contribution in [3.05, 3.63) is 40.9 Å². The second-order valence-electron chi connectivity index (χ2n) is 3.00. The molecule has 0 fully saturated rings. The minimum absolute atomic E-state index is 0.680. The summed E-state index contributed by atoms with van der Waals surface area (Å²) in [6.45, 7) is 0. The second kappa shape index (κ2) is 4.37. The number of aromatic nitrogens is 2. The molecule has 4 nitrogen and oxygen atoms in total. The smallest absolute Gasteiger partial charge is 0.119 e. The third kappa shape index (κ3) is 2.14. The van der Waals surface area contributed by atoms with Crippen LogP contribution >= 0.6 is 11.5 Å². The lowest BCUT2D eigenvalue weighted by Crippen LogP contribution is -1.97. The standard InChI is InChI=1S/C10H10N2O2S/c1-14-8-4-2-3-7(5-8)10(13)9-6-11-12-15-9/h2-6,10,13H,1H3. The van der Waals surface area contributed by atoms with E-state index < -0.39 is 6.10 Å². The van der Waals surface area contributed by atoms with E-state index in [9.17, 15) is 5.11 Å². The molecule has 0 saturated heterocycles. The number of methoxy groups -OCH3 is 1. The van der Waals surface area contributed by atoms with Crippen molar-refractivity contribution in [1.29, 1.82) is 0 Å². The summed E-state index contributed by atoms with van der Waals surface area (Å²) in [5, 5.41) is 13.7. The van der Waals surface area contributed by atoms with Gasteiger partial charge in [-0.3, -0.25) is 0 Å². The van der Waals surface area contributed by atoms with Crippen molar-refractivity contribution in [3.8, 4) is 5.75 Å². The Labute approximate surface area is 91.3 Å². The number of aliphatic hydroxyl groups is 1. The van der Waals surface area contributed by atoms with Gasteiger partial charge in [-0.05, 0) is 29.2 Å². The van der Waals surface area contributed by atoms with E-state index in [1.807, 2.05) is 18.2 Å². The summed E-state index contributed by atoms with van der Waals surface area (Å²) in [6.07, 6.45) is 0.884. The topological polar surface area (TPSA) is 55.2 Å². The average molecular weight is 222 g/mol. The minimum Gasteiger partial charge on any atom is -0.497 e. The van der Waals surface area contributed by atoms with Gasteiger partial charge in [-0.1, -0.05) is 16.6 Å². The number of hydrogen-bond donors (Lipinski definition) is 1. The van der Waals surface area contributed by atoms with E-state index in [0.717, 1.165) is 16.2 Å². The molecule has 1 aromatic carbocycles. The zero-order valence-electron chi connectivity index (χ0n) is 8.12. The molecule has 78 valence electrons. The molecule has 0 aliphatic rings. The quantitative estimate of drug-likeness (QED) is 0.857. The Kier molecular flexibility index (Phi) is 2.94. The van der Waals surface area contributed by atoms with Crippen LogP contribution in [0.4, 0.5) is 0 Å². The molecule has 2 aromatic rings. The predicted molar refractivity (Wildman–Crippen MR) is 57.0 cm³/mol. The predicted octanol–water partition coefficient (Wildman–Crippen LogP) is 1.63. The van der Waals surface area contributed by atoms with Crippen LogP contribution in [-0.2, 0) is 0 Å². The van der Waals surface area contributed by atoms with E-state index in [1.165, 1.54) is 11.5 Å². The molecule has 0 aliphatic heterocycles. The maximum absolute atomic E-state index is 9.98. The number of aliphatic hydroxyl groups excluding tert-OH is 1. The van der Waals surface area contributed by atoms with Crippen LogP contribution in [0.1, 0.15) is 16.5 Å². The fourth-order valence-corrected chi connectivity index (χ4v) is 1.79. The highest BCUT2D eigenvalue weighted by Crippen LogP contribution is 2.25. The number of hydrogen-bond acceptors (Lipinski definition) is 5. The summed E-state index contributed by atoms with van der Waals surface area (Å²) in [5.41, 5.74) is 0.778. The molecule has 0 spiro atoms. The highest BCUT2D eigenvalue weighted by molar-refractivity contribution is 7.05. The first-order chi connectivity index (χ1) is 7.31. The van der Waals surface area contributed by atoms with Crippen molar-refractivity contribution in [2.24, 2.45) is 0 Å². The minimum atomic E-state index is -0.680. The molecule has 1 atom stereocenters. The van der Waals surface area contributed by atoms with Crippen molar-refractivity contribution < 1.29 is 9.84 Å². The van der Waals surface area contributed by atoms with Crippen molar-refractivity contribution >= 4 is 11.5 Å². The zero-order chi connectivity index (χ0) is 10.7. The Morgan fingerprint density at radius 1 is 1.47 bits per heavy atom. The lowest BCUT2D eigenvalue weighted by atomic mass is 10.1. The highest BCUT2D eigenvalue weighted by atomic mass is 32.1. The van der Waals surface area contributed by atoms with Crippen LogP contribution in [0.15, 0.2) is 30.5 Å². The van der Waals surface area contributed by atoms with E-state index in [1.54, 1.807) is 19.4 Å². The Morgan fingerprint density at radius 2 is 2.33 bits per heavy atom. The Morgan fingerprint density at radius 3 is 3.00 bits per heavy atom. The van der Waals surface area contributed by atoms with Gasteiger partial charge in [0.1, 0.15) is 11.9 Å². The first-order valence-electron chi connectivity index (χ1n) is 4.40. The number of ether oxygens (including phenoxy) is 1. The Bertz CT molecular complexity index is 431. The largest absolute Gasteiger partial charge is 0.497 e. The number of rotatable bonds is 3. The average Bonchev–Trinajstić information content (AvgIpc) is 2.81. The molecule has 0 radical (unpaired) electrons. The van der Waals surface area contributed by atoms with Crippen molar-refractivity contribution in [2.75, 3.05) is 7.11 Å². The van der Waals surface area contributed by atoms with Gasteiger partial charge in [0.05, 0.1) is 18.2 Å². The summed E-state index contributed by atoms with van der Waals surface area (Å²) >= 11 is 1.19. The summed E-state index contributed by atoms with van der Waals surface area (Å²) in [7, 11) is 1.60. The van der Waals surface area contributed by atoms with Crippen molar-refractivity contribution in [1.82, 2.24) is 9.59 Å². The van der Waals surface area contributed by atoms with Gasteiger partial charge in [0.2, 0.25) is 0 Å². The molecule has 0 aliphatic carbocycles. The SMILES string of the molecule is COc1cccc(C(O)c2cnns2)c1. The molecule has 1 unspecified atom stereocenters. The molecular formula is C10H10N2O2S. The molecule has 0 bridgehead atoms. The summed E-state index contributed by atoms with van der Waals surface area (Å²) in [4.78, 5) is 0.725. The summed E-state index contributed by atoms with van der Waals surface area (Å²) < 4.78 is 8.80. The lowest BCUT2D eigenvalue weighted by molar-refractivity contribution is 0.223. The number of nitrogens with zero attached hydrogens (tertiary/aromatic N) is 2. The fourth-order valence-electron chi connectivity index (χ4n) is 1.27. The fraction of sp³-hybridized carbons (Fsp3) is 0.200. The lowest BCUT2D eigenvalue weighted by Gasteiger charge is -2.08. The van der Waals surface area contributed by atoms with Crippen LogP contribution in [0, 0.1) is 0 Å². The van der Waals surface area contributed by atoms with E-state index in [-0.39, 0.29) is 0 Å². The summed E-state index contributed by atoms with van der Waals surface area (Å²) in [5.74, 6) is 0.726. The van der Waals surface area contributed by atoms with Gasteiger partial charge in [0.25, 0.3) is 0 Å². The van der Waals surface area contributed by atoms with E-state index in [0.29, 0.717) is 0 Å². The van der Waals surface area contributed by atoms with Crippen LogP contribution in [-0.4, -0.2) is 21.8 Å². The maximum atomic E-state index is 9.98. The van der Waals surface area contributed by atoms with Crippen molar-refractivity contribution in [2.45, 2.75) is 6.10 Å². The van der Waals surface area contributed by atoms with Gasteiger partial charge in [-0.15, -0.1) is 5.10 Å². The first-order valence-corrected chi connectivity index (χ1v) is 5.18. The van der Waals surface area contributed by atoms with Crippen LogP contribution in [0.5, 0.6) is 5.75 Å². The van der Waals surface area contributed by atoms with Gasteiger partial charge in [-0.2, -0.15) is 0 Å². The van der Waals surface area contributed by atoms with Crippen LogP contribution in [0.2, 0.25) is 0 Å². The summed E-state index contributed by atoms with van der Waals surface area (Å²) in [6, 6.07) is 7.31. The molecular weight excluding hydrogens is 212 g/mol. The number of benzene rings is 1. The first kappa shape index (κ1) is 10.1. The van der Waals surface area contributed by atoms with E-state index in [2.05, 4.69) is 9.59 Å². The molecule has 5 heteroatoms. The molecule has 15 heavy (non-hydrogen) atoms. The van der Waals surface area contributed by atoms with E-state index in [4.69, 9.17) is 4.74 Å². The van der Waals surface area contributed by atoms with Crippen LogP contribution in [0.3, 0.4) is 0 Å². The van der Waals surface area contributed by atoms with E-state index >= 15 is 0 Å². The molecule has 2 rings (SSSR count). The molecule has 1 N–H and O–H groups in total. The zero-order valence-corrected chi connectivity index (χ0v) is 8.94. The van der Waals surface area contributed by atoms with Gasteiger partial charge in [-0.25, -0.2) is 0 Å². The third-order valence-corrected chi connectivity index (χ3v) is 2.77. The van der Waals surface area contributed by atoms with Gasteiger partial charge >= 0.3 is 0 Å². The molecule has 0 amide bonds. The van der Waals surface area contributed by atoms with Crippen LogP contribution in [0.25, 0.3) is 0 Å². The molecule has 1 heterocycles. The Hall–Kier alpha value is -1.46. The molecule has 1 aromatic heterocycles. The van der Waals surface area contributed by atoms with Crippen LogP contribution < -0.4 is 4.74 Å². The monoisotopic (exact) mass is 222 g/mol. The highest BCUT2D eigenvalue weighted by Gasteiger charge is 2.13. The molecule has 0 saturated carbocycles. The maximum Gasteiger partial charge on any atom is 0.119 e. The Balaban J connectivity index is 2.29. The van der Waals surface area contributed by atoms with Gasteiger partial charge in [0.15, 0.2) is 0 Å². The third-order valence-electron chi connectivity index (χ3n) is 2.06. The second-order valence-corrected chi connectivity index (χ2v) is 3.82. The normalized spacial score (nSPS) is 12.4. The van der Waals surface area contributed by atoms with Gasteiger partial charge < -0.3 is 9.84 Å². The van der Waals surface area contributed by atoms with Gasteiger partial charge in [0, 0.05) is 0 Å². The van der Waals surface area contributed by atoms with Crippen molar-refractivity contribution in [3.63, 3.8) is 0 Å².